The molecule has 0 saturated heterocycles. The highest BCUT2D eigenvalue weighted by Gasteiger charge is 2.15. The number of halogens is 1. The summed E-state index contributed by atoms with van der Waals surface area (Å²) in [4.78, 5) is 12.0. The van der Waals surface area contributed by atoms with Crippen molar-refractivity contribution in [3.05, 3.63) is 72.3 Å². The summed E-state index contributed by atoms with van der Waals surface area (Å²) in [5.41, 5.74) is 1.03. The molecule has 3 N–H and O–H groups in total. The molecule has 2 aromatic carbocycles. The van der Waals surface area contributed by atoms with Crippen molar-refractivity contribution in [3.8, 4) is 0 Å². The quantitative estimate of drug-likeness (QED) is 0.650. The zero-order valence-corrected chi connectivity index (χ0v) is 13.5. The Hall–Kier alpha value is -3.20. The number of amides is 1. The summed E-state index contributed by atoms with van der Waals surface area (Å²) in [7, 11) is -3.84. The maximum Gasteiger partial charge on any atom is 0.261 e. The number of aromatic nitrogens is 2. The van der Waals surface area contributed by atoms with Crippen molar-refractivity contribution in [2.75, 3.05) is 10.0 Å². The van der Waals surface area contributed by atoms with Gasteiger partial charge in [-0.25, -0.2) is 12.8 Å². The lowest BCUT2D eigenvalue weighted by Crippen LogP contribution is -2.14. The van der Waals surface area contributed by atoms with Crippen LogP contribution in [0, 0.1) is 5.82 Å². The molecule has 9 heteroatoms. The summed E-state index contributed by atoms with van der Waals surface area (Å²) >= 11 is 0. The molecule has 1 aromatic heterocycles. The van der Waals surface area contributed by atoms with Crippen molar-refractivity contribution in [1.29, 1.82) is 0 Å². The van der Waals surface area contributed by atoms with Crippen LogP contribution in [0.2, 0.25) is 0 Å². The third kappa shape index (κ3) is 4.01. The Kier molecular flexibility index (Phi) is 4.48. The smallest absolute Gasteiger partial charge is 0.261 e. The van der Waals surface area contributed by atoms with Crippen molar-refractivity contribution < 1.29 is 17.6 Å². The van der Waals surface area contributed by atoms with Gasteiger partial charge in [-0.3, -0.25) is 14.6 Å². The van der Waals surface area contributed by atoms with Crippen molar-refractivity contribution in [2.24, 2.45) is 0 Å². The van der Waals surface area contributed by atoms with Gasteiger partial charge in [0.05, 0.1) is 16.8 Å². The summed E-state index contributed by atoms with van der Waals surface area (Å²) in [6.45, 7) is 0. The van der Waals surface area contributed by atoms with Crippen molar-refractivity contribution in [1.82, 2.24) is 10.2 Å². The second kappa shape index (κ2) is 6.73. The van der Waals surface area contributed by atoms with Crippen LogP contribution in [-0.4, -0.2) is 24.5 Å². The van der Waals surface area contributed by atoms with E-state index in [2.05, 4.69) is 20.2 Å². The molecule has 0 unspecified atom stereocenters. The van der Waals surface area contributed by atoms with E-state index in [0.717, 1.165) is 12.1 Å². The molecular weight excluding hydrogens is 347 g/mol. The molecule has 0 fully saturated rings. The predicted octanol–water partition coefficient (Wildman–Crippen LogP) is 2.60. The van der Waals surface area contributed by atoms with E-state index in [1.807, 2.05) is 0 Å². The lowest BCUT2D eigenvalue weighted by molar-refractivity contribution is 0.102. The van der Waals surface area contributed by atoms with Crippen LogP contribution >= 0.6 is 0 Å². The Balaban J connectivity index is 1.74. The van der Waals surface area contributed by atoms with Crippen LogP contribution in [0.25, 0.3) is 0 Å². The van der Waals surface area contributed by atoms with Gasteiger partial charge < -0.3 is 5.32 Å². The Bertz CT molecular complexity index is 969. The number of nitrogens with zero attached hydrogens (tertiary/aromatic N) is 1. The Morgan fingerprint density at radius 1 is 1.00 bits per heavy atom. The lowest BCUT2D eigenvalue weighted by Gasteiger charge is -2.09. The topological polar surface area (TPSA) is 104 Å². The number of rotatable bonds is 5. The molecule has 0 aliphatic heterocycles. The zero-order valence-electron chi connectivity index (χ0n) is 12.7. The number of nitrogens with one attached hydrogen (secondary N) is 3. The van der Waals surface area contributed by atoms with Gasteiger partial charge in [0.2, 0.25) is 0 Å². The summed E-state index contributed by atoms with van der Waals surface area (Å²) in [6, 6.07) is 10.4. The van der Waals surface area contributed by atoms with E-state index in [1.165, 1.54) is 48.8 Å². The monoisotopic (exact) mass is 360 g/mol. The average Bonchev–Trinajstić information content (AvgIpc) is 3.10. The molecule has 0 aliphatic rings. The second-order valence-corrected chi connectivity index (χ2v) is 6.76. The van der Waals surface area contributed by atoms with E-state index < -0.39 is 21.7 Å². The van der Waals surface area contributed by atoms with Crippen LogP contribution < -0.4 is 10.0 Å². The van der Waals surface area contributed by atoms with Crippen molar-refractivity contribution in [3.63, 3.8) is 0 Å². The van der Waals surface area contributed by atoms with Crippen LogP contribution in [-0.2, 0) is 10.0 Å². The van der Waals surface area contributed by atoms with E-state index >= 15 is 0 Å². The van der Waals surface area contributed by atoms with Gasteiger partial charge in [0, 0.05) is 17.4 Å². The number of carbonyl (C=O) groups excluding carboxylic acids is 1. The molecule has 0 aliphatic carbocycles. The lowest BCUT2D eigenvalue weighted by atomic mass is 10.2. The number of anilines is 2. The zero-order chi connectivity index (χ0) is 17.9. The highest BCUT2D eigenvalue weighted by atomic mass is 32.2. The largest absolute Gasteiger partial charge is 0.319 e. The minimum absolute atomic E-state index is 0.0170. The van der Waals surface area contributed by atoms with Crippen LogP contribution in [0.5, 0.6) is 0 Å². The van der Waals surface area contributed by atoms with Gasteiger partial charge in [0.15, 0.2) is 0 Å². The van der Waals surface area contributed by atoms with Gasteiger partial charge in [-0.1, -0.05) is 0 Å². The molecule has 0 atom stereocenters. The van der Waals surface area contributed by atoms with Gasteiger partial charge in [-0.05, 0) is 48.5 Å². The Morgan fingerprint density at radius 3 is 2.28 bits per heavy atom. The van der Waals surface area contributed by atoms with E-state index in [4.69, 9.17) is 0 Å². The summed E-state index contributed by atoms with van der Waals surface area (Å²) in [6.07, 6.45) is 2.96. The fourth-order valence-electron chi connectivity index (χ4n) is 2.04. The standard InChI is InChI=1S/C16H13FN4O3S/c17-12-3-5-13(6-4-12)21-25(23,24)15-7-1-11(2-8-15)16(22)20-14-9-18-19-10-14/h1-10,21H,(H,18,19)(H,20,22). The van der Waals surface area contributed by atoms with Crippen LogP contribution in [0.3, 0.4) is 0 Å². The molecule has 0 spiro atoms. The molecule has 0 radical (unpaired) electrons. The number of hydrogen-bond donors (Lipinski definition) is 3. The van der Waals surface area contributed by atoms with Crippen LogP contribution in [0.1, 0.15) is 10.4 Å². The van der Waals surface area contributed by atoms with Gasteiger partial charge in [0.1, 0.15) is 5.82 Å². The number of sulfonamides is 1. The van der Waals surface area contributed by atoms with Gasteiger partial charge >= 0.3 is 0 Å². The number of carbonyl (C=O) groups is 1. The normalized spacial score (nSPS) is 11.1. The Labute approximate surface area is 142 Å². The first kappa shape index (κ1) is 16.7. The number of hydrogen-bond acceptors (Lipinski definition) is 4. The summed E-state index contributed by atoms with van der Waals surface area (Å²) in [5, 5.41) is 8.88. The minimum Gasteiger partial charge on any atom is -0.319 e. The number of H-pyrrole nitrogens is 1. The van der Waals surface area contributed by atoms with Crippen molar-refractivity contribution >= 4 is 27.3 Å². The van der Waals surface area contributed by atoms with E-state index in [0.29, 0.717) is 11.3 Å². The van der Waals surface area contributed by atoms with Crippen LogP contribution in [0.15, 0.2) is 65.8 Å². The molecule has 1 heterocycles. The van der Waals surface area contributed by atoms with E-state index in [-0.39, 0.29) is 10.6 Å². The first-order chi connectivity index (χ1) is 11.9. The molecule has 0 bridgehead atoms. The van der Waals surface area contributed by atoms with Gasteiger partial charge in [0.25, 0.3) is 15.9 Å². The third-order valence-electron chi connectivity index (χ3n) is 3.28. The fourth-order valence-corrected chi connectivity index (χ4v) is 3.10. The highest BCUT2D eigenvalue weighted by Crippen LogP contribution is 2.17. The first-order valence-corrected chi connectivity index (χ1v) is 8.61. The third-order valence-corrected chi connectivity index (χ3v) is 4.68. The molecule has 3 rings (SSSR count). The van der Waals surface area contributed by atoms with Gasteiger partial charge in [-0.2, -0.15) is 5.10 Å². The highest BCUT2D eigenvalue weighted by molar-refractivity contribution is 7.92. The van der Waals surface area contributed by atoms with E-state index in [9.17, 15) is 17.6 Å². The number of benzene rings is 2. The predicted molar refractivity (Wildman–Crippen MR) is 90.2 cm³/mol. The molecule has 7 nitrogen and oxygen atoms in total. The maximum absolute atomic E-state index is 12.9. The number of aromatic amines is 1. The molecule has 3 aromatic rings. The first-order valence-electron chi connectivity index (χ1n) is 7.13. The molecule has 0 saturated carbocycles. The fraction of sp³-hybridized carbons (Fsp3) is 0. The van der Waals surface area contributed by atoms with Gasteiger partial charge in [-0.15, -0.1) is 0 Å². The summed E-state index contributed by atoms with van der Waals surface area (Å²) in [5.74, 6) is -0.854. The minimum atomic E-state index is -3.84. The molecule has 25 heavy (non-hydrogen) atoms. The maximum atomic E-state index is 12.9. The van der Waals surface area contributed by atoms with Crippen molar-refractivity contribution in [2.45, 2.75) is 4.90 Å². The Morgan fingerprint density at radius 2 is 1.68 bits per heavy atom. The molecule has 1 amide bonds. The van der Waals surface area contributed by atoms with Crippen LogP contribution in [0.4, 0.5) is 15.8 Å². The average molecular weight is 360 g/mol. The SMILES string of the molecule is O=C(Nc1cn[nH]c1)c1ccc(S(=O)(=O)Nc2ccc(F)cc2)cc1. The summed E-state index contributed by atoms with van der Waals surface area (Å²) < 4.78 is 39.8. The molecular formula is C16H13FN4O3S. The second-order valence-electron chi connectivity index (χ2n) is 5.08. The molecule has 128 valence electrons. The van der Waals surface area contributed by atoms with E-state index in [1.54, 1.807) is 0 Å².